The molecule has 0 aliphatic heterocycles. The normalized spacial score (nSPS) is 12.6. The molecule has 0 unspecified atom stereocenters. The Balaban J connectivity index is 2.00. The van der Waals surface area contributed by atoms with Crippen molar-refractivity contribution >= 4 is 41.5 Å². The van der Waals surface area contributed by atoms with E-state index in [9.17, 15) is 0 Å². The van der Waals surface area contributed by atoms with E-state index in [0.29, 0.717) is 6.04 Å². The first-order valence-electron chi connectivity index (χ1n) is 10.2. The maximum absolute atomic E-state index is 2.39. The van der Waals surface area contributed by atoms with Gasteiger partial charge in [-0.15, -0.1) is 0 Å². The van der Waals surface area contributed by atoms with Crippen molar-refractivity contribution in [1.82, 2.24) is 4.90 Å². The number of fused-ring (bicyclic) bond motifs is 1. The van der Waals surface area contributed by atoms with Crippen molar-refractivity contribution in [2.75, 3.05) is 14.1 Å². The number of benzene rings is 4. The molecule has 146 valence electrons. The molecule has 0 amide bonds. The predicted octanol–water partition coefficient (Wildman–Crippen LogP) is 4.29. The zero-order valence-electron chi connectivity index (χ0n) is 17.6. The van der Waals surface area contributed by atoms with Gasteiger partial charge < -0.3 is 0 Å². The summed E-state index contributed by atoms with van der Waals surface area (Å²) in [5.41, 5.74) is 2.79. The van der Waals surface area contributed by atoms with Gasteiger partial charge in [-0.05, 0) is 0 Å². The summed E-state index contributed by atoms with van der Waals surface area (Å²) in [5, 5.41) is 2.75. The Hall–Kier alpha value is -2.08. The minimum absolute atomic E-state index is 0.388. The van der Waals surface area contributed by atoms with Crippen molar-refractivity contribution in [2.24, 2.45) is 0 Å². The average Bonchev–Trinajstić information content (AvgIpc) is 2.75. The van der Waals surface area contributed by atoms with Crippen LogP contribution in [0.5, 0.6) is 0 Å². The van der Waals surface area contributed by atoms with Crippen molar-refractivity contribution in [3.05, 3.63) is 102 Å². The molecule has 1 atom stereocenters. The molecule has 0 radical (unpaired) electrons. The molecule has 0 fully saturated rings. The Kier molecular flexibility index (Phi) is 6.09. The van der Waals surface area contributed by atoms with Crippen LogP contribution < -0.4 is 10.5 Å². The zero-order chi connectivity index (χ0) is 20.4. The standard InChI is InChI=1S/C10H14N.C10H7.C7H7.Sb/c1-9(11(2)3)10-7-5-4-6-8-10;1-2-6-10-8-4-3-7-9(10)5-1;1-7-5-3-2-4-6-7;/h4-7,9H,1-3H3;1-7H;3-6H,1H3;/t9-;;;/m1.../s1. The third kappa shape index (κ3) is 4.13. The molecule has 1 nitrogen and oxygen atoms in total. The van der Waals surface area contributed by atoms with Crippen molar-refractivity contribution in [3.63, 3.8) is 0 Å². The van der Waals surface area contributed by atoms with Gasteiger partial charge in [0.25, 0.3) is 0 Å². The van der Waals surface area contributed by atoms with E-state index in [-0.39, 0.29) is 0 Å². The van der Waals surface area contributed by atoms with Gasteiger partial charge in [0.05, 0.1) is 0 Å². The van der Waals surface area contributed by atoms with Gasteiger partial charge in [-0.1, -0.05) is 0 Å². The van der Waals surface area contributed by atoms with Crippen molar-refractivity contribution in [1.29, 1.82) is 0 Å². The summed E-state index contributed by atoms with van der Waals surface area (Å²) < 4.78 is 4.64. The molecule has 0 aromatic heterocycles. The fraction of sp³-hybridized carbons (Fsp3) is 0.185. The molecule has 0 aliphatic carbocycles. The summed E-state index contributed by atoms with van der Waals surface area (Å²) in [7, 11) is 4.35. The second kappa shape index (κ2) is 8.74. The Morgan fingerprint density at radius 1 is 0.690 bits per heavy atom. The number of nitrogens with zero attached hydrogens (tertiary/aromatic N) is 1. The summed E-state index contributed by atoms with van der Waals surface area (Å²) in [5.74, 6) is 0. The number of hydrogen-bond donors (Lipinski definition) is 0. The van der Waals surface area contributed by atoms with Crippen LogP contribution in [0.1, 0.15) is 24.1 Å². The van der Waals surface area contributed by atoms with E-state index < -0.39 is 20.2 Å². The van der Waals surface area contributed by atoms with Gasteiger partial charge in [-0.25, -0.2) is 0 Å². The van der Waals surface area contributed by atoms with Crippen LogP contribution in [0.15, 0.2) is 91.0 Å². The first-order chi connectivity index (χ1) is 14.1. The van der Waals surface area contributed by atoms with Crippen LogP contribution in [0.2, 0.25) is 0 Å². The molecule has 0 saturated carbocycles. The summed E-state index contributed by atoms with van der Waals surface area (Å²) in [4.78, 5) is 2.32. The Labute approximate surface area is 182 Å². The fourth-order valence-electron chi connectivity index (χ4n) is 3.83. The van der Waals surface area contributed by atoms with Gasteiger partial charge in [0.2, 0.25) is 0 Å². The maximum atomic E-state index is 2.39. The Morgan fingerprint density at radius 2 is 1.31 bits per heavy atom. The molecule has 0 saturated heterocycles. The van der Waals surface area contributed by atoms with Gasteiger partial charge in [-0.3, -0.25) is 0 Å². The molecular formula is C27H28NSb. The molecule has 0 bridgehead atoms. The summed E-state index contributed by atoms with van der Waals surface area (Å²) in [6.45, 7) is 4.49. The second-order valence-corrected chi connectivity index (χ2v) is 14.0. The van der Waals surface area contributed by atoms with Gasteiger partial charge in [-0.2, -0.15) is 0 Å². The molecule has 4 aromatic carbocycles. The molecule has 4 aromatic rings. The van der Waals surface area contributed by atoms with E-state index in [1.165, 1.54) is 25.4 Å². The van der Waals surface area contributed by atoms with Crippen molar-refractivity contribution in [3.8, 4) is 0 Å². The van der Waals surface area contributed by atoms with Crippen LogP contribution in [0, 0.1) is 6.92 Å². The average molecular weight is 488 g/mol. The molecule has 0 aliphatic rings. The molecule has 2 heteroatoms. The van der Waals surface area contributed by atoms with E-state index in [4.69, 9.17) is 0 Å². The van der Waals surface area contributed by atoms with Gasteiger partial charge in [0.15, 0.2) is 0 Å². The first kappa shape index (κ1) is 20.2. The minimum atomic E-state index is -2.23. The quantitative estimate of drug-likeness (QED) is 0.379. The van der Waals surface area contributed by atoms with Crippen LogP contribution in [-0.4, -0.2) is 39.2 Å². The number of aryl methyl sites for hydroxylation is 1. The molecular weight excluding hydrogens is 460 g/mol. The van der Waals surface area contributed by atoms with E-state index in [0.717, 1.165) is 0 Å². The van der Waals surface area contributed by atoms with Gasteiger partial charge in [0, 0.05) is 0 Å². The van der Waals surface area contributed by atoms with Crippen LogP contribution in [0.3, 0.4) is 0 Å². The molecule has 29 heavy (non-hydrogen) atoms. The van der Waals surface area contributed by atoms with Crippen molar-refractivity contribution < 1.29 is 0 Å². The SMILES string of the molecule is Cc1cc[c]([Sb]([c]2ccccc2[C@@H](C)N(C)C)[c]2cccc3ccccc23)cc1. The summed E-state index contributed by atoms with van der Waals surface area (Å²) in [6.07, 6.45) is 0. The first-order valence-corrected chi connectivity index (χ1v) is 14.0. The molecule has 0 spiro atoms. The monoisotopic (exact) mass is 487 g/mol. The van der Waals surface area contributed by atoms with Gasteiger partial charge >= 0.3 is 183 Å². The van der Waals surface area contributed by atoms with E-state index in [1.807, 2.05) is 0 Å². The zero-order valence-corrected chi connectivity index (χ0v) is 20.2. The van der Waals surface area contributed by atoms with Crippen molar-refractivity contribution in [2.45, 2.75) is 19.9 Å². The van der Waals surface area contributed by atoms with E-state index >= 15 is 0 Å². The topological polar surface area (TPSA) is 3.24 Å². The van der Waals surface area contributed by atoms with E-state index in [1.54, 1.807) is 7.02 Å². The Bertz CT molecular complexity index is 1110. The van der Waals surface area contributed by atoms with Crippen LogP contribution >= 0.6 is 0 Å². The van der Waals surface area contributed by atoms with Gasteiger partial charge in [0.1, 0.15) is 0 Å². The summed E-state index contributed by atoms with van der Waals surface area (Å²) in [6, 6.07) is 34.5. The predicted molar refractivity (Wildman–Crippen MR) is 128 cm³/mol. The summed E-state index contributed by atoms with van der Waals surface area (Å²) >= 11 is -2.23. The second-order valence-electron chi connectivity index (χ2n) is 7.87. The molecule has 4 rings (SSSR count). The Morgan fingerprint density at radius 3 is 2.07 bits per heavy atom. The van der Waals surface area contributed by atoms with Crippen LogP contribution in [0.4, 0.5) is 0 Å². The van der Waals surface area contributed by atoms with E-state index in [2.05, 4.69) is 124 Å². The number of rotatable bonds is 5. The fourth-order valence-corrected chi connectivity index (χ4v) is 11.5. The third-order valence-corrected chi connectivity index (χ3v) is 13.1. The molecule has 0 heterocycles. The van der Waals surface area contributed by atoms with Crippen LogP contribution in [0.25, 0.3) is 10.8 Å². The molecule has 0 N–H and O–H groups in total. The van der Waals surface area contributed by atoms with Crippen LogP contribution in [-0.2, 0) is 0 Å². The third-order valence-electron chi connectivity index (χ3n) is 5.70. The number of hydrogen-bond acceptors (Lipinski definition) is 1.